The number of carbonyl (C=O) groups excluding carboxylic acids is 2. The van der Waals surface area contributed by atoms with Gasteiger partial charge in [0.2, 0.25) is 5.91 Å². The lowest BCUT2D eigenvalue weighted by molar-refractivity contribution is -0.134. The van der Waals surface area contributed by atoms with Crippen molar-refractivity contribution >= 4 is 52.7 Å². The van der Waals surface area contributed by atoms with Gasteiger partial charge in [-0.2, -0.15) is 0 Å². The minimum absolute atomic E-state index is 0.0443. The predicted molar refractivity (Wildman–Crippen MR) is 134 cm³/mol. The third-order valence-electron chi connectivity index (χ3n) is 6.36. The van der Waals surface area contributed by atoms with E-state index in [1.165, 1.54) is 0 Å². The zero-order valence-electron chi connectivity index (χ0n) is 19.4. The number of hydrogen-bond acceptors (Lipinski definition) is 6. The van der Waals surface area contributed by atoms with Gasteiger partial charge in [-0.25, -0.2) is 4.79 Å². The second-order valence-corrected chi connectivity index (χ2v) is 11.7. The number of likely N-dealkylation sites (tertiary alicyclic amines) is 1. The molecule has 0 radical (unpaired) electrons. The Morgan fingerprint density at radius 3 is 2.39 bits per heavy atom. The van der Waals surface area contributed by atoms with Gasteiger partial charge in [0, 0.05) is 56.8 Å². The van der Waals surface area contributed by atoms with Gasteiger partial charge in [-0.15, -0.1) is 11.8 Å². The van der Waals surface area contributed by atoms with Gasteiger partial charge in [-0.3, -0.25) is 14.6 Å². The SMILES string of the molecule is CC(C)(C)OC(=O)N1CC(N2CCN(c3ccc(Cl)c(Cl)c3)CC2)CC1C(=O)N1CCSC1. The molecule has 0 aromatic heterocycles. The summed E-state index contributed by atoms with van der Waals surface area (Å²) in [6, 6.07) is 5.40. The van der Waals surface area contributed by atoms with Gasteiger partial charge in [0.1, 0.15) is 11.6 Å². The van der Waals surface area contributed by atoms with Crippen LogP contribution in [-0.2, 0) is 9.53 Å². The molecule has 0 spiro atoms. The second-order valence-electron chi connectivity index (χ2n) is 9.80. The Hall–Kier alpha value is -1.35. The van der Waals surface area contributed by atoms with E-state index in [9.17, 15) is 9.59 Å². The van der Waals surface area contributed by atoms with E-state index in [0.29, 0.717) is 28.9 Å². The van der Waals surface area contributed by atoms with Crippen LogP contribution in [0.4, 0.5) is 10.5 Å². The maximum Gasteiger partial charge on any atom is 0.411 e. The molecule has 2 unspecified atom stereocenters. The molecule has 0 N–H and O–H groups in total. The number of nitrogens with zero attached hydrogens (tertiary/aromatic N) is 4. The van der Waals surface area contributed by atoms with E-state index in [-0.39, 0.29) is 11.9 Å². The number of carbonyl (C=O) groups is 2. The van der Waals surface area contributed by atoms with Gasteiger partial charge in [-0.05, 0) is 45.4 Å². The zero-order chi connectivity index (χ0) is 23.8. The Bertz CT molecular complexity index is 883. The van der Waals surface area contributed by atoms with Crippen LogP contribution in [-0.4, -0.2) is 95.3 Å². The predicted octanol–water partition coefficient (Wildman–Crippen LogP) is 4.03. The fourth-order valence-electron chi connectivity index (χ4n) is 4.66. The average molecular weight is 516 g/mol. The van der Waals surface area contributed by atoms with Crippen molar-refractivity contribution in [1.29, 1.82) is 0 Å². The second kappa shape index (κ2) is 10.1. The summed E-state index contributed by atoms with van der Waals surface area (Å²) in [6.07, 6.45) is 0.246. The van der Waals surface area contributed by atoms with Crippen LogP contribution in [0.1, 0.15) is 27.2 Å². The van der Waals surface area contributed by atoms with Gasteiger partial charge in [0.05, 0.1) is 15.9 Å². The maximum atomic E-state index is 13.3. The molecular formula is C23H32Cl2N4O3S. The number of amides is 2. The number of anilines is 1. The summed E-state index contributed by atoms with van der Waals surface area (Å²) in [5.74, 6) is 1.69. The third-order valence-corrected chi connectivity index (χ3v) is 8.06. The fourth-order valence-corrected chi connectivity index (χ4v) is 5.91. The minimum atomic E-state index is -0.599. The first-order chi connectivity index (χ1) is 15.6. The van der Waals surface area contributed by atoms with Crippen molar-refractivity contribution in [3.05, 3.63) is 28.2 Å². The largest absolute Gasteiger partial charge is 0.444 e. The molecule has 7 nitrogen and oxygen atoms in total. The van der Waals surface area contributed by atoms with Crippen LogP contribution in [0, 0.1) is 0 Å². The van der Waals surface area contributed by atoms with Crippen molar-refractivity contribution in [2.45, 2.75) is 44.9 Å². The highest BCUT2D eigenvalue weighted by molar-refractivity contribution is 7.99. The average Bonchev–Trinajstić information content (AvgIpc) is 3.45. The maximum absolute atomic E-state index is 13.3. The third kappa shape index (κ3) is 5.84. The van der Waals surface area contributed by atoms with Crippen LogP contribution >= 0.6 is 35.0 Å². The molecule has 2 amide bonds. The zero-order valence-corrected chi connectivity index (χ0v) is 21.8. The van der Waals surface area contributed by atoms with Gasteiger partial charge in [0.15, 0.2) is 0 Å². The van der Waals surface area contributed by atoms with Crippen molar-refractivity contribution in [2.24, 2.45) is 0 Å². The van der Waals surface area contributed by atoms with Crippen molar-refractivity contribution in [2.75, 3.05) is 55.8 Å². The number of halogens is 2. The lowest BCUT2D eigenvalue weighted by atomic mass is 10.1. The monoisotopic (exact) mass is 514 g/mol. The number of piperazine rings is 1. The van der Waals surface area contributed by atoms with E-state index >= 15 is 0 Å². The lowest BCUT2D eigenvalue weighted by Crippen LogP contribution is -2.51. The topological polar surface area (TPSA) is 56.3 Å². The molecule has 3 heterocycles. The van der Waals surface area contributed by atoms with Crippen molar-refractivity contribution < 1.29 is 14.3 Å². The standard InChI is InChI=1S/C23H32Cl2N4O3S/c1-23(2,3)32-22(31)29-14-17(13-20(29)21(30)28-10-11-33-15-28)27-8-6-26(7-9-27)16-4-5-18(24)19(25)12-16/h4-5,12,17,20H,6-11,13-15H2,1-3H3. The van der Waals surface area contributed by atoms with Crippen molar-refractivity contribution in [3.63, 3.8) is 0 Å². The van der Waals surface area contributed by atoms with Crippen molar-refractivity contribution in [3.8, 4) is 0 Å². The Balaban J connectivity index is 1.42. The smallest absolute Gasteiger partial charge is 0.411 e. The molecule has 0 aliphatic carbocycles. The molecule has 4 rings (SSSR count). The fraction of sp³-hybridized carbons (Fsp3) is 0.652. The molecule has 0 saturated carbocycles. The molecule has 2 atom stereocenters. The summed E-state index contributed by atoms with van der Waals surface area (Å²) in [5.41, 5.74) is 0.461. The van der Waals surface area contributed by atoms with E-state index in [2.05, 4.69) is 9.80 Å². The summed E-state index contributed by atoms with van der Waals surface area (Å²) < 4.78 is 5.66. The van der Waals surface area contributed by atoms with E-state index in [1.807, 2.05) is 43.9 Å². The van der Waals surface area contributed by atoms with Crippen LogP contribution in [0.15, 0.2) is 18.2 Å². The molecule has 3 aliphatic heterocycles. The molecule has 182 valence electrons. The number of rotatable bonds is 3. The Labute approximate surface area is 210 Å². The number of hydrogen-bond donors (Lipinski definition) is 0. The quantitative estimate of drug-likeness (QED) is 0.606. The van der Waals surface area contributed by atoms with E-state index in [1.54, 1.807) is 16.7 Å². The van der Waals surface area contributed by atoms with Gasteiger partial charge >= 0.3 is 6.09 Å². The van der Waals surface area contributed by atoms with Crippen LogP contribution in [0.3, 0.4) is 0 Å². The molecule has 1 aromatic rings. The summed E-state index contributed by atoms with van der Waals surface area (Å²) in [7, 11) is 0. The van der Waals surface area contributed by atoms with Gasteiger partial charge in [-0.1, -0.05) is 23.2 Å². The summed E-state index contributed by atoms with van der Waals surface area (Å²) in [6.45, 7) is 10.2. The molecule has 3 saturated heterocycles. The van der Waals surface area contributed by atoms with E-state index < -0.39 is 17.7 Å². The van der Waals surface area contributed by atoms with Crippen LogP contribution in [0.5, 0.6) is 0 Å². The highest BCUT2D eigenvalue weighted by Crippen LogP contribution is 2.31. The molecule has 3 fully saturated rings. The van der Waals surface area contributed by atoms with Gasteiger partial charge in [0.25, 0.3) is 0 Å². The summed E-state index contributed by atoms with van der Waals surface area (Å²) in [4.78, 5) is 34.5. The summed E-state index contributed by atoms with van der Waals surface area (Å²) in [5, 5.41) is 1.11. The van der Waals surface area contributed by atoms with Crippen LogP contribution in [0.2, 0.25) is 10.0 Å². The highest BCUT2D eigenvalue weighted by Gasteiger charge is 2.45. The normalized spacial score (nSPS) is 24.5. The highest BCUT2D eigenvalue weighted by atomic mass is 35.5. The Morgan fingerprint density at radius 2 is 1.79 bits per heavy atom. The summed E-state index contributed by atoms with van der Waals surface area (Å²) >= 11 is 14.0. The molecule has 33 heavy (non-hydrogen) atoms. The first-order valence-corrected chi connectivity index (χ1v) is 13.3. The molecule has 10 heteroatoms. The first-order valence-electron chi connectivity index (χ1n) is 11.4. The van der Waals surface area contributed by atoms with Crippen LogP contribution in [0.25, 0.3) is 0 Å². The number of benzene rings is 1. The number of ether oxygens (including phenoxy) is 1. The van der Waals surface area contributed by atoms with E-state index in [0.717, 1.165) is 44.2 Å². The lowest BCUT2D eigenvalue weighted by Gasteiger charge is -2.39. The molecular weight excluding hydrogens is 483 g/mol. The molecule has 0 bridgehead atoms. The van der Waals surface area contributed by atoms with E-state index in [4.69, 9.17) is 27.9 Å². The minimum Gasteiger partial charge on any atom is -0.444 e. The first kappa shape index (κ1) is 24.8. The Morgan fingerprint density at radius 1 is 1.06 bits per heavy atom. The Kier molecular flexibility index (Phi) is 7.58. The van der Waals surface area contributed by atoms with Crippen LogP contribution < -0.4 is 4.90 Å². The van der Waals surface area contributed by atoms with Gasteiger partial charge < -0.3 is 14.5 Å². The molecule has 3 aliphatic rings. The number of thioether (sulfide) groups is 1. The molecule has 1 aromatic carbocycles. The van der Waals surface area contributed by atoms with Crippen molar-refractivity contribution in [1.82, 2.24) is 14.7 Å².